The van der Waals surface area contributed by atoms with Crippen LogP contribution in [-0.2, 0) is 14.3 Å². The summed E-state index contributed by atoms with van der Waals surface area (Å²) in [7, 11) is 0. The van der Waals surface area contributed by atoms with Gasteiger partial charge in [0.2, 0.25) is 5.91 Å². The van der Waals surface area contributed by atoms with Crippen LogP contribution in [0.25, 0.3) is 0 Å². The van der Waals surface area contributed by atoms with Gasteiger partial charge in [0.1, 0.15) is 6.10 Å². The molecule has 0 radical (unpaired) electrons. The van der Waals surface area contributed by atoms with Gasteiger partial charge >= 0.3 is 5.97 Å². The molecule has 0 aromatic heterocycles. The lowest BCUT2D eigenvalue weighted by Crippen LogP contribution is -2.38. The molecule has 1 fully saturated rings. The first kappa shape index (κ1) is 12.0. The molecule has 1 aliphatic rings. The predicted octanol–water partition coefficient (Wildman–Crippen LogP) is 0.391. The molecule has 2 N–H and O–H groups in total. The number of rotatable bonds is 4. The average molecular weight is 215 g/mol. The Bertz CT molecular complexity index is 254. The number of aliphatic carboxylic acids is 1. The second-order valence-electron chi connectivity index (χ2n) is 4.02. The van der Waals surface area contributed by atoms with Crippen LogP contribution in [0.1, 0.15) is 26.7 Å². The van der Waals surface area contributed by atoms with Gasteiger partial charge in [0.25, 0.3) is 0 Å². The molecule has 5 heteroatoms. The summed E-state index contributed by atoms with van der Waals surface area (Å²) < 4.78 is 5.43. The van der Waals surface area contributed by atoms with E-state index in [4.69, 9.17) is 9.84 Å². The number of carboxylic acid groups (broad SMARTS) is 1. The highest BCUT2D eigenvalue weighted by Crippen LogP contribution is 2.25. The average Bonchev–Trinajstić information content (AvgIpc) is 2.44. The molecule has 3 unspecified atom stereocenters. The largest absolute Gasteiger partial charge is 0.481 e. The van der Waals surface area contributed by atoms with Gasteiger partial charge in [-0.05, 0) is 19.3 Å². The van der Waals surface area contributed by atoms with E-state index in [1.165, 1.54) is 0 Å². The van der Waals surface area contributed by atoms with E-state index in [1.807, 2.05) is 13.8 Å². The number of hydrogen-bond acceptors (Lipinski definition) is 3. The third-order valence-electron chi connectivity index (χ3n) is 2.50. The van der Waals surface area contributed by atoms with Gasteiger partial charge in [-0.25, -0.2) is 0 Å². The Morgan fingerprint density at radius 1 is 1.47 bits per heavy atom. The van der Waals surface area contributed by atoms with E-state index in [1.54, 1.807) is 0 Å². The molecule has 0 aromatic rings. The number of ether oxygens (including phenoxy) is 1. The number of carbonyl (C=O) groups excluding carboxylic acids is 1. The molecule has 3 atom stereocenters. The van der Waals surface area contributed by atoms with Crippen molar-refractivity contribution < 1.29 is 19.4 Å². The first-order chi connectivity index (χ1) is 7.00. The topological polar surface area (TPSA) is 75.6 Å². The summed E-state index contributed by atoms with van der Waals surface area (Å²) in [4.78, 5) is 21.8. The van der Waals surface area contributed by atoms with E-state index >= 15 is 0 Å². The van der Waals surface area contributed by atoms with Gasteiger partial charge in [0.15, 0.2) is 0 Å². The van der Waals surface area contributed by atoms with Crippen molar-refractivity contribution in [3.8, 4) is 0 Å². The first-order valence-corrected chi connectivity index (χ1v) is 5.15. The minimum atomic E-state index is -0.913. The standard InChI is InChI=1S/C10H17NO4/c1-6-5-7(2)15-9(6)10(14)11-4-3-8(12)13/h6-7,9H,3-5H2,1-2H3,(H,11,14)(H,12,13). The van der Waals surface area contributed by atoms with Crippen molar-refractivity contribution in [1.29, 1.82) is 0 Å². The van der Waals surface area contributed by atoms with Crippen LogP contribution in [0.3, 0.4) is 0 Å². The van der Waals surface area contributed by atoms with Crippen molar-refractivity contribution in [2.75, 3.05) is 6.54 Å². The molecular weight excluding hydrogens is 198 g/mol. The second-order valence-corrected chi connectivity index (χ2v) is 4.02. The summed E-state index contributed by atoms with van der Waals surface area (Å²) in [6, 6.07) is 0. The van der Waals surface area contributed by atoms with Crippen LogP contribution in [-0.4, -0.2) is 35.7 Å². The minimum absolute atomic E-state index is 0.0532. The molecule has 1 rings (SSSR count). The Morgan fingerprint density at radius 3 is 2.60 bits per heavy atom. The van der Waals surface area contributed by atoms with E-state index in [0.717, 1.165) is 6.42 Å². The first-order valence-electron chi connectivity index (χ1n) is 5.15. The number of carboxylic acids is 1. The van der Waals surface area contributed by atoms with Crippen LogP contribution < -0.4 is 5.32 Å². The molecule has 0 aliphatic carbocycles. The van der Waals surface area contributed by atoms with Gasteiger partial charge < -0.3 is 15.2 Å². The number of carbonyl (C=O) groups is 2. The van der Waals surface area contributed by atoms with Crippen molar-refractivity contribution in [3.05, 3.63) is 0 Å². The predicted molar refractivity (Wildman–Crippen MR) is 53.4 cm³/mol. The third kappa shape index (κ3) is 3.51. The molecule has 1 heterocycles. The fraction of sp³-hybridized carbons (Fsp3) is 0.800. The summed E-state index contributed by atoms with van der Waals surface area (Å²) in [6.07, 6.45) is 0.503. The lowest BCUT2D eigenvalue weighted by Gasteiger charge is -2.14. The van der Waals surface area contributed by atoms with Gasteiger partial charge in [-0.15, -0.1) is 0 Å². The van der Waals surface area contributed by atoms with Gasteiger partial charge in [-0.1, -0.05) is 6.92 Å². The van der Waals surface area contributed by atoms with Crippen molar-refractivity contribution in [2.45, 2.75) is 38.9 Å². The Morgan fingerprint density at radius 2 is 2.13 bits per heavy atom. The normalized spacial score (nSPS) is 30.1. The van der Waals surface area contributed by atoms with E-state index < -0.39 is 12.1 Å². The molecule has 5 nitrogen and oxygen atoms in total. The lowest BCUT2D eigenvalue weighted by molar-refractivity contribution is -0.137. The summed E-state index contributed by atoms with van der Waals surface area (Å²) >= 11 is 0. The van der Waals surface area contributed by atoms with Gasteiger partial charge in [-0.3, -0.25) is 9.59 Å². The smallest absolute Gasteiger partial charge is 0.305 e. The molecule has 0 spiro atoms. The van der Waals surface area contributed by atoms with Crippen LogP contribution in [0.5, 0.6) is 0 Å². The summed E-state index contributed by atoms with van der Waals surface area (Å²) in [5.74, 6) is -0.915. The zero-order valence-corrected chi connectivity index (χ0v) is 9.03. The Balaban J connectivity index is 2.31. The summed E-state index contributed by atoms with van der Waals surface area (Å²) in [5.41, 5.74) is 0. The molecule has 1 saturated heterocycles. The molecule has 1 aliphatic heterocycles. The van der Waals surface area contributed by atoms with Crippen LogP contribution >= 0.6 is 0 Å². The maximum atomic E-state index is 11.6. The van der Waals surface area contributed by atoms with E-state index in [-0.39, 0.29) is 30.9 Å². The molecular formula is C10H17NO4. The van der Waals surface area contributed by atoms with Crippen LogP contribution in [0.2, 0.25) is 0 Å². The number of nitrogens with one attached hydrogen (secondary N) is 1. The zero-order chi connectivity index (χ0) is 11.4. The maximum Gasteiger partial charge on any atom is 0.305 e. The fourth-order valence-electron chi connectivity index (χ4n) is 1.80. The van der Waals surface area contributed by atoms with Gasteiger partial charge in [-0.2, -0.15) is 0 Å². The van der Waals surface area contributed by atoms with Gasteiger partial charge in [0, 0.05) is 6.54 Å². The molecule has 0 bridgehead atoms. The highest BCUT2D eigenvalue weighted by molar-refractivity contribution is 5.81. The molecule has 86 valence electrons. The van der Waals surface area contributed by atoms with Crippen LogP contribution in [0.15, 0.2) is 0 Å². The molecule has 15 heavy (non-hydrogen) atoms. The Labute approximate surface area is 88.8 Å². The number of hydrogen-bond donors (Lipinski definition) is 2. The van der Waals surface area contributed by atoms with Crippen LogP contribution in [0, 0.1) is 5.92 Å². The Kier molecular flexibility index (Phi) is 4.08. The SMILES string of the molecule is CC1CC(C)C(C(=O)NCCC(=O)O)O1. The minimum Gasteiger partial charge on any atom is -0.481 e. The quantitative estimate of drug-likeness (QED) is 0.711. The van der Waals surface area contributed by atoms with E-state index in [9.17, 15) is 9.59 Å². The number of amides is 1. The molecule has 0 aromatic carbocycles. The highest BCUT2D eigenvalue weighted by Gasteiger charge is 2.34. The fourth-order valence-corrected chi connectivity index (χ4v) is 1.80. The lowest BCUT2D eigenvalue weighted by atomic mass is 10.0. The zero-order valence-electron chi connectivity index (χ0n) is 9.03. The van der Waals surface area contributed by atoms with Crippen molar-refractivity contribution in [1.82, 2.24) is 5.32 Å². The highest BCUT2D eigenvalue weighted by atomic mass is 16.5. The summed E-state index contributed by atoms with van der Waals surface area (Å²) in [5, 5.41) is 11.0. The monoisotopic (exact) mass is 215 g/mol. The van der Waals surface area contributed by atoms with Crippen molar-refractivity contribution >= 4 is 11.9 Å². The Hall–Kier alpha value is -1.10. The molecule has 0 saturated carbocycles. The maximum absolute atomic E-state index is 11.6. The van der Waals surface area contributed by atoms with Crippen LogP contribution in [0.4, 0.5) is 0 Å². The van der Waals surface area contributed by atoms with Gasteiger partial charge in [0.05, 0.1) is 12.5 Å². The van der Waals surface area contributed by atoms with E-state index in [0.29, 0.717) is 0 Å². The van der Waals surface area contributed by atoms with Crippen molar-refractivity contribution in [3.63, 3.8) is 0 Å². The van der Waals surface area contributed by atoms with Crippen molar-refractivity contribution in [2.24, 2.45) is 5.92 Å². The summed E-state index contributed by atoms with van der Waals surface area (Å²) in [6.45, 7) is 4.06. The molecule has 1 amide bonds. The second kappa shape index (κ2) is 5.11. The third-order valence-corrected chi connectivity index (χ3v) is 2.50. The van der Waals surface area contributed by atoms with E-state index in [2.05, 4.69) is 5.32 Å².